The molecule has 2 rings (SSSR count). The molecule has 0 aliphatic carbocycles. The lowest BCUT2D eigenvalue weighted by Gasteiger charge is -2.08. The van der Waals surface area contributed by atoms with Gasteiger partial charge in [-0.15, -0.1) is 22.9 Å². The van der Waals surface area contributed by atoms with Crippen LogP contribution in [-0.2, 0) is 0 Å². The third-order valence-electron chi connectivity index (χ3n) is 2.27. The van der Waals surface area contributed by atoms with E-state index >= 15 is 0 Å². The lowest BCUT2D eigenvalue weighted by Crippen LogP contribution is -1.92. The predicted octanol–water partition coefficient (Wildman–Crippen LogP) is 4.52. The molecule has 15 heavy (non-hydrogen) atoms. The van der Waals surface area contributed by atoms with Gasteiger partial charge in [0.15, 0.2) is 0 Å². The minimum absolute atomic E-state index is 0.177. The van der Waals surface area contributed by atoms with Crippen molar-refractivity contribution in [1.29, 1.82) is 0 Å². The number of alkyl halides is 1. The molecule has 1 aromatic carbocycles. The van der Waals surface area contributed by atoms with Crippen molar-refractivity contribution in [3.63, 3.8) is 0 Å². The van der Waals surface area contributed by atoms with Crippen LogP contribution in [0.2, 0.25) is 0 Å². The van der Waals surface area contributed by atoms with Gasteiger partial charge in [0.05, 0.1) is 5.38 Å². The minimum atomic E-state index is -0.186. The van der Waals surface area contributed by atoms with E-state index in [1.165, 1.54) is 6.07 Å². The molecule has 0 N–H and O–H groups in total. The summed E-state index contributed by atoms with van der Waals surface area (Å²) in [4.78, 5) is 1.09. The van der Waals surface area contributed by atoms with Crippen molar-refractivity contribution in [1.82, 2.24) is 0 Å². The molecule has 1 heterocycles. The Labute approximate surface area is 97.3 Å². The van der Waals surface area contributed by atoms with Gasteiger partial charge in [0.1, 0.15) is 5.82 Å². The summed E-state index contributed by atoms with van der Waals surface area (Å²) in [5, 5.41) is 1.81. The summed E-state index contributed by atoms with van der Waals surface area (Å²) in [6.07, 6.45) is 0. The highest BCUT2D eigenvalue weighted by molar-refractivity contribution is 7.10. The van der Waals surface area contributed by atoms with Gasteiger partial charge < -0.3 is 0 Å². The molecule has 1 atom stereocenters. The molecule has 0 saturated heterocycles. The van der Waals surface area contributed by atoms with Gasteiger partial charge in [-0.1, -0.05) is 18.2 Å². The molecule has 0 nitrogen and oxygen atoms in total. The highest BCUT2D eigenvalue weighted by Gasteiger charge is 2.12. The number of benzene rings is 1. The third kappa shape index (κ3) is 2.21. The summed E-state index contributed by atoms with van der Waals surface area (Å²) in [6, 6.07) is 8.95. The topological polar surface area (TPSA) is 0 Å². The van der Waals surface area contributed by atoms with E-state index in [0.717, 1.165) is 10.4 Å². The average molecular weight is 241 g/mol. The van der Waals surface area contributed by atoms with Crippen LogP contribution in [0.1, 0.15) is 21.4 Å². The van der Waals surface area contributed by atoms with Crippen LogP contribution >= 0.6 is 22.9 Å². The van der Waals surface area contributed by atoms with Crippen LogP contribution in [-0.4, -0.2) is 0 Å². The molecule has 0 saturated carbocycles. The number of thiophene rings is 1. The van der Waals surface area contributed by atoms with Crippen LogP contribution in [0.15, 0.2) is 35.7 Å². The van der Waals surface area contributed by atoms with Gasteiger partial charge >= 0.3 is 0 Å². The van der Waals surface area contributed by atoms with Crippen LogP contribution in [0.5, 0.6) is 0 Å². The first kappa shape index (κ1) is 10.7. The molecule has 0 aliphatic heterocycles. The van der Waals surface area contributed by atoms with E-state index in [1.807, 2.05) is 17.5 Å². The number of halogens is 2. The van der Waals surface area contributed by atoms with Crippen LogP contribution in [0.4, 0.5) is 4.39 Å². The quantitative estimate of drug-likeness (QED) is 0.677. The molecule has 2 aromatic rings. The average Bonchev–Trinajstić information content (AvgIpc) is 2.74. The zero-order valence-electron chi connectivity index (χ0n) is 8.21. The summed E-state index contributed by atoms with van der Waals surface area (Å²) in [7, 11) is 0. The van der Waals surface area contributed by atoms with E-state index in [-0.39, 0.29) is 11.2 Å². The van der Waals surface area contributed by atoms with Gasteiger partial charge in [0.2, 0.25) is 0 Å². The van der Waals surface area contributed by atoms with Crippen molar-refractivity contribution in [3.05, 3.63) is 57.5 Å². The van der Waals surface area contributed by atoms with Gasteiger partial charge in [-0.3, -0.25) is 0 Å². The Bertz CT molecular complexity index is 451. The van der Waals surface area contributed by atoms with Crippen molar-refractivity contribution in [2.24, 2.45) is 0 Å². The summed E-state index contributed by atoms with van der Waals surface area (Å²) in [5.74, 6) is -0.186. The summed E-state index contributed by atoms with van der Waals surface area (Å²) in [5.41, 5.74) is 1.58. The fourth-order valence-corrected chi connectivity index (χ4v) is 2.52. The van der Waals surface area contributed by atoms with E-state index < -0.39 is 0 Å². The molecule has 0 bridgehead atoms. The highest BCUT2D eigenvalue weighted by atomic mass is 35.5. The molecule has 1 unspecified atom stereocenters. The maximum Gasteiger partial charge on any atom is 0.126 e. The lowest BCUT2D eigenvalue weighted by atomic mass is 10.1. The van der Waals surface area contributed by atoms with Crippen molar-refractivity contribution < 1.29 is 4.39 Å². The van der Waals surface area contributed by atoms with Crippen LogP contribution < -0.4 is 0 Å². The van der Waals surface area contributed by atoms with E-state index in [1.54, 1.807) is 30.4 Å². The van der Waals surface area contributed by atoms with E-state index in [0.29, 0.717) is 5.56 Å². The summed E-state index contributed by atoms with van der Waals surface area (Å²) >= 11 is 7.90. The second-order valence-corrected chi connectivity index (χ2v) is 4.80. The molecule has 0 radical (unpaired) electrons. The molecule has 0 spiro atoms. The van der Waals surface area contributed by atoms with Crippen LogP contribution in [0, 0.1) is 12.7 Å². The molecule has 0 aliphatic rings. The summed E-state index contributed by atoms with van der Waals surface area (Å²) in [6.45, 7) is 1.75. The molecular weight excluding hydrogens is 231 g/mol. The first-order chi connectivity index (χ1) is 7.18. The smallest absolute Gasteiger partial charge is 0.126 e. The first-order valence-corrected chi connectivity index (χ1v) is 5.93. The van der Waals surface area contributed by atoms with Crippen LogP contribution in [0.25, 0.3) is 0 Å². The largest absolute Gasteiger partial charge is 0.207 e. The fraction of sp³-hybridized carbons (Fsp3) is 0.167. The zero-order valence-corrected chi connectivity index (χ0v) is 9.78. The molecular formula is C12H10ClFS. The van der Waals surface area contributed by atoms with E-state index in [2.05, 4.69) is 0 Å². The Balaban J connectivity index is 2.34. The van der Waals surface area contributed by atoms with Crippen molar-refractivity contribution in [2.75, 3.05) is 0 Å². The molecule has 3 heteroatoms. The lowest BCUT2D eigenvalue weighted by molar-refractivity contribution is 0.617. The van der Waals surface area contributed by atoms with Gasteiger partial charge in [-0.05, 0) is 35.6 Å². The van der Waals surface area contributed by atoms with Gasteiger partial charge in [0.25, 0.3) is 0 Å². The van der Waals surface area contributed by atoms with Gasteiger partial charge in [-0.25, -0.2) is 4.39 Å². The predicted molar refractivity (Wildman–Crippen MR) is 63.2 cm³/mol. The Kier molecular flexibility index (Phi) is 3.08. The molecule has 0 amide bonds. The Hall–Kier alpha value is -0.860. The SMILES string of the molecule is Cc1cc(C(Cl)c2cccs2)ccc1F. The van der Waals surface area contributed by atoms with Crippen molar-refractivity contribution in [3.8, 4) is 0 Å². The van der Waals surface area contributed by atoms with Crippen molar-refractivity contribution >= 4 is 22.9 Å². The Morgan fingerprint density at radius 1 is 1.33 bits per heavy atom. The number of rotatable bonds is 2. The highest BCUT2D eigenvalue weighted by Crippen LogP contribution is 2.32. The molecule has 78 valence electrons. The number of hydrogen-bond donors (Lipinski definition) is 0. The normalized spacial score (nSPS) is 12.7. The Morgan fingerprint density at radius 2 is 2.13 bits per heavy atom. The second kappa shape index (κ2) is 4.33. The van der Waals surface area contributed by atoms with Gasteiger partial charge in [0, 0.05) is 4.88 Å². The number of hydrogen-bond acceptors (Lipinski definition) is 1. The first-order valence-electron chi connectivity index (χ1n) is 4.62. The second-order valence-electron chi connectivity index (χ2n) is 3.39. The summed E-state index contributed by atoms with van der Waals surface area (Å²) < 4.78 is 13.1. The standard InChI is InChI=1S/C12H10ClFS/c1-8-7-9(4-5-10(8)14)12(13)11-3-2-6-15-11/h2-7,12H,1H3. The third-order valence-corrected chi connectivity index (χ3v) is 3.82. The molecule has 1 aromatic heterocycles. The fourth-order valence-electron chi connectivity index (χ4n) is 1.43. The monoisotopic (exact) mass is 240 g/mol. The van der Waals surface area contributed by atoms with E-state index in [9.17, 15) is 4.39 Å². The van der Waals surface area contributed by atoms with Crippen molar-refractivity contribution in [2.45, 2.75) is 12.3 Å². The maximum atomic E-state index is 13.1. The van der Waals surface area contributed by atoms with E-state index in [4.69, 9.17) is 11.6 Å². The Morgan fingerprint density at radius 3 is 2.73 bits per heavy atom. The number of aryl methyl sites for hydroxylation is 1. The molecule has 0 fully saturated rings. The van der Waals surface area contributed by atoms with Crippen LogP contribution in [0.3, 0.4) is 0 Å². The minimum Gasteiger partial charge on any atom is -0.207 e. The van der Waals surface area contributed by atoms with Gasteiger partial charge in [-0.2, -0.15) is 0 Å². The maximum absolute atomic E-state index is 13.1. The zero-order chi connectivity index (χ0) is 10.8.